The van der Waals surface area contributed by atoms with Crippen LogP contribution < -0.4 is 4.74 Å². The molecule has 150 valence electrons. The third-order valence-corrected chi connectivity index (χ3v) is 4.65. The van der Waals surface area contributed by atoms with E-state index in [2.05, 4.69) is 4.90 Å². The minimum absolute atomic E-state index is 0.159. The molecule has 1 saturated heterocycles. The Balaban J connectivity index is 2.37. The van der Waals surface area contributed by atoms with Crippen LogP contribution in [0.4, 0.5) is 4.79 Å². The highest BCUT2D eigenvalue weighted by molar-refractivity contribution is 5.92. The molecule has 0 bridgehead atoms. The van der Waals surface area contributed by atoms with Crippen molar-refractivity contribution >= 4 is 12.1 Å². The van der Waals surface area contributed by atoms with Crippen molar-refractivity contribution < 1.29 is 23.8 Å². The van der Waals surface area contributed by atoms with E-state index in [0.29, 0.717) is 17.9 Å². The second-order valence-electron chi connectivity index (χ2n) is 7.95. The number of amides is 1. The zero-order valence-corrected chi connectivity index (χ0v) is 17.2. The first-order valence-electron chi connectivity index (χ1n) is 8.99. The van der Waals surface area contributed by atoms with Gasteiger partial charge >= 0.3 is 12.1 Å². The van der Waals surface area contributed by atoms with Crippen molar-refractivity contribution in [3.63, 3.8) is 0 Å². The van der Waals surface area contributed by atoms with Crippen LogP contribution in [-0.2, 0) is 9.47 Å². The van der Waals surface area contributed by atoms with Crippen LogP contribution in [0, 0.1) is 0 Å². The van der Waals surface area contributed by atoms with Crippen molar-refractivity contribution in [3.05, 3.63) is 29.3 Å². The highest BCUT2D eigenvalue weighted by Crippen LogP contribution is 2.37. The number of carbonyl (C=O) groups excluding carboxylic acids is 2. The molecule has 0 spiro atoms. The van der Waals surface area contributed by atoms with E-state index >= 15 is 0 Å². The molecule has 1 aliphatic heterocycles. The van der Waals surface area contributed by atoms with Gasteiger partial charge in [-0.25, -0.2) is 9.59 Å². The van der Waals surface area contributed by atoms with Crippen molar-refractivity contribution in [2.24, 2.45) is 0 Å². The van der Waals surface area contributed by atoms with E-state index in [9.17, 15) is 9.59 Å². The molecule has 7 heteroatoms. The molecule has 0 aromatic heterocycles. The lowest BCUT2D eigenvalue weighted by molar-refractivity contribution is 0.0216. The molecular weight excluding hydrogens is 348 g/mol. The minimum atomic E-state index is -0.565. The number of rotatable bonds is 4. The number of benzene rings is 1. The quantitative estimate of drug-likeness (QED) is 0.750. The van der Waals surface area contributed by atoms with Crippen LogP contribution in [0.5, 0.6) is 5.75 Å². The normalized spacial score (nSPS) is 19.9. The van der Waals surface area contributed by atoms with Gasteiger partial charge in [0, 0.05) is 12.6 Å². The van der Waals surface area contributed by atoms with Crippen LogP contribution in [0.25, 0.3) is 0 Å². The average molecular weight is 378 g/mol. The highest BCUT2D eigenvalue weighted by Gasteiger charge is 2.39. The SMILES string of the molecule is COC(=O)c1ccc([C@@H]2C[C@@H](N(C)C)CN2C(=O)OC(C)(C)C)cc1OC. The molecule has 2 atom stereocenters. The molecule has 0 aliphatic carbocycles. The lowest BCUT2D eigenvalue weighted by Gasteiger charge is -2.29. The van der Waals surface area contributed by atoms with Gasteiger partial charge in [0.15, 0.2) is 0 Å². The van der Waals surface area contributed by atoms with Crippen LogP contribution in [0.3, 0.4) is 0 Å². The second kappa shape index (κ2) is 8.17. The lowest BCUT2D eigenvalue weighted by atomic mass is 10.0. The molecule has 1 aromatic rings. The third-order valence-electron chi connectivity index (χ3n) is 4.65. The molecule has 0 radical (unpaired) electrons. The van der Waals surface area contributed by atoms with Crippen LogP contribution in [0.1, 0.15) is 49.2 Å². The Morgan fingerprint density at radius 3 is 2.37 bits per heavy atom. The number of carbonyl (C=O) groups is 2. The van der Waals surface area contributed by atoms with E-state index < -0.39 is 11.6 Å². The number of hydrogen-bond donors (Lipinski definition) is 0. The van der Waals surface area contributed by atoms with Gasteiger partial charge in [-0.05, 0) is 59.0 Å². The summed E-state index contributed by atoms with van der Waals surface area (Å²) in [7, 11) is 6.84. The fourth-order valence-electron chi connectivity index (χ4n) is 3.22. The first-order chi connectivity index (χ1) is 12.6. The predicted octanol–water partition coefficient (Wildman–Crippen LogP) is 3.09. The van der Waals surface area contributed by atoms with Crippen molar-refractivity contribution in [2.75, 3.05) is 34.9 Å². The summed E-state index contributed by atoms with van der Waals surface area (Å²) in [5.74, 6) is -0.0308. The number of hydrogen-bond acceptors (Lipinski definition) is 6. The summed E-state index contributed by atoms with van der Waals surface area (Å²) >= 11 is 0. The van der Waals surface area contributed by atoms with Crippen molar-refractivity contribution in [3.8, 4) is 5.75 Å². The number of methoxy groups -OCH3 is 2. The van der Waals surface area contributed by atoms with Gasteiger partial charge in [0.1, 0.15) is 16.9 Å². The molecule has 7 nitrogen and oxygen atoms in total. The molecule has 0 N–H and O–H groups in total. The Hall–Kier alpha value is -2.28. The smallest absolute Gasteiger partial charge is 0.410 e. The minimum Gasteiger partial charge on any atom is -0.496 e. The van der Waals surface area contributed by atoms with Gasteiger partial charge in [0.2, 0.25) is 0 Å². The zero-order chi connectivity index (χ0) is 20.4. The van der Waals surface area contributed by atoms with Gasteiger partial charge in [-0.15, -0.1) is 0 Å². The summed E-state index contributed by atoms with van der Waals surface area (Å²) in [6, 6.07) is 5.37. The molecule has 1 amide bonds. The number of ether oxygens (including phenoxy) is 3. The van der Waals surface area contributed by atoms with Crippen molar-refractivity contribution in [1.82, 2.24) is 9.80 Å². The number of nitrogens with zero attached hydrogens (tertiary/aromatic N) is 2. The van der Waals surface area contributed by atoms with E-state index in [4.69, 9.17) is 14.2 Å². The summed E-state index contributed by atoms with van der Waals surface area (Å²) in [5.41, 5.74) is 0.689. The topological polar surface area (TPSA) is 68.3 Å². The average Bonchev–Trinajstić information content (AvgIpc) is 3.05. The summed E-state index contributed by atoms with van der Waals surface area (Å²) in [5, 5.41) is 0. The van der Waals surface area contributed by atoms with Gasteiger partial charge in [-0.2, -0.15) is 0 Å². The first kappa shape index (κ1) is 21.0. The Morgan fingerprint density at radius 2 is 1.85 bits per heavy atom. The Labute approximate surface area is 161 Å². The summed E-state index contributed by atoms with van der Waals surface area (Å²) in [4.78, 5) is 28.5. The summed E-state index contributed by atoms with van der Waals surface area (Å²) < 4.78 is 15.8. The molecule has 0 saturated carbocycles. The predicted molar refractivity (Wildman–Crippen MR) is 102 cm³/mol. The molecule has 1 fully saturated rings. The summed E-state index contributed by atoms with van der Waals surface area (Å²) in [6.07, 6.45) is 0.431. The van der Waals surface area contributed by atoms with E-state index in [0.717, 1.165) is 12.0 Å². The van der Waals surface area contributed by atoms with Crippen molar-refractivity contribution in [2.45, 2.75) is 44.9 Å². The first-order valence-corrected chi connectivity index (χ1v) is 8.99. The molecule has 2 rings (SSSR count). The Morgan fingerprint density at radius 1 is 1.19 bits per heavy atom. The largest absolute Gasteiger partial charge is 0.496 e. The van der Waals surface area contributed by atoms with Crippen LogP contribution in [0.2, 0.25) is 0 Å². The zero-order valence-electron chi connectivity index (χ0n) is 17.2. The van der Waals surface area contributed by atoms with Crippen LogP contribution in [-0.4, -0.2) is 68.4 Å². The fourth-order valence-corrected chi connectivity index (χ4v) is 3.22. The molecule has 1 heterocycles. The lowest BCUT2D eigenvalue weighted by Crippen LogP contribution is -2.38. The number of likely N-dealkylation sites (N-methyl/N-ethyl adjacent to an activating group) is 1. The molecular formula is C20H30N2O5. The number of likely N-dealkylation sites (tertiary alicyclic amines) is 1. The van der Waals surface area contributed by atoms with E-state index in [1.807, 2.05) is 40.9 Å². The van der Waals surface area contributed by atoms with Crippen molar-refractivity contribution in [1.29, 1.82) is 0 Å². The molecule has 1 aliphatic rings. The highest BCUT2D eigenvalue weighted by atomic mass is 16.6. The molecule has 27 heavy (non-hydrogen) atoms. The van der Waals surface area contributed by atoms with Crippen LogP contribution >= 0.6 is 0 Å². The molecule has 1 aromatic carbocycles. The maximum atomic E-state index is 12.8. The van der Waals surface area contributed by atoms with Gasteiger partial charge in [-0.1, -0.05) is 6.07 Å². The van der Waals surface area contributed by atoms with E-state index in [-0.39, 0.29) is 18.2 Å². The van der Waals surface area contributed by atoms with E-state index in [1.165, 1.54) is 14.2 Å². The monoisotopic (exact) mass is 378 g/mol. The van der Waals surface area contributed by atoms with Gasteiger partial charge in [0.05, 0.1) is 20.3 Å². The van der Waals surface area contributed by atoms with E-state index in [1.54, 1.807) is 17.0 Å². The third kappa shape index (κ3) is 4.91. The maximum Gasteiger partial charge on any atom is 0.410 e. The number of esters is 1. The maximum absolute atomic E-state index is 12.8. The Bertz CT molecular complexity index is 696. The molecule has 0 unspecified atom stereocenters. The van der Waals surface area contributed by atoms with Gasteiger partial charge < -0.3 is 19.1 Å². The van der Waals surface area contributed by atoms with Gasteiger partial charge in [0.25, 0.3) is 0 Å². The van der Waals surface area contributed by atoms with Gasteiger partial charge in [-0.3, -0.25) is 4.90 Å². The fraction of sp³-hybridized carbons (Fsp3) is 0.600. The Kier molecular flexibility index (Phi) is 6.36. The standard InChI is InChI=1S/C20H30N2O5/c1-20(2,3)27-19(24)22-12-14(21(4)5)11-16(22)13-8-9-15(18(23)26-7)17(10-13)25-6/h8-10,14,16H,11-12H2,1-7H3/t14-,16+/m1/s1. The summed E-state index contributed by atoms with van der Waals surface area (Å²) in [6.45, 7) is 6.14. The second-order valence-corrected chi connectivity index (χ2v) is 7.95. The van der Waals surface area contributed by atoms with Crippen LogP contribution in [0.15, 0.2) is 18.2 Å².